The van der Waals surface area contributed by atoms with Gasteiger partial charge in [0.15, 0.2) is 0 Å². The van der Waals surface area contributed by atoms with Crippen LogP contribution in [-0.4, -0.2) is 125 Å². The molecule has 0 saturated carbocycles. The molecule has 318 valence electrons. The number of fused-ring (bicyclic) bond motifs is 1. The first-order valence-electron chi connectivity index (χ1n) is 20.5. The number of halogens is 1. The summed E-state index contributed by atoms with van der Waals surface area (Å²) >= 11 is 6.27. The summed E-state index contributed by atoms with van der Waals surface area (Å²) in [5, 5.41) is 28.3. The SMILES string of the molecule is O=C(CCN1CCN(CCNc2cccc3c2C(=O)N(C2CCC(=O)NC2=O)C3=O)CC1)NCCOc1ccc(C(=C(CCCl)c2ccc(O)cc2)c2ccc(O)cc2)cc1. The number of allylic oxidation sites excluding steroid dienone is 1. The Bertz CT molecular complexity index is 2270. The van der Waals surface area contributed by atoms with Gasteiger partial charge in [0, 0.05) is 70.2 Å². The zero-order valence-corrected chi connectivity index (χ0v) is 34.5. The van der Waals surface area contributed by atoms with Crippen molar-refractivity contribution in [3.05, 3.63) is 119 Å². The summed E-state index contributed by atoms with van der Waals surface area (Å²) in [6.45, 7) is 5.83. The van der Waals surface area contributed by atoms with Gasteiger partial charge in [-0.15, -0.1) is 11.6 Å². The van der Waals surface area contributed by atoms with Crippen LogP contribution in [0.5, 0.6) is 17.2 Å². The number of aromatic hydroxyl groups is 2. The van der Waals surface area contributed by atoms with E-state index in [4.69, 9.17) is 16.3 Å². The zero-order chi connectivity index (χ0) is 42.9. The van der Waals surface area contributed by atoms with Gasteiger partial charge in [-0.1, -0.05) is 42.5 Å². The lowest BCUT2D eigenvalue weighted by Crippen LogP contribution is -2.54. The van der Waals surface area contributed by atoms with Crippen LogP contribution in [0.2, 0.25) is 0 Å². The van der Waals surface area contributed by atoms with Crippen molar-refractivity contribution in [2.75, 3.05) is 70.2 Å². The largest absolute Gasteiger partial charge is 0.508 e. The van der Waals surface area contributed by atoms with Crippen molar-refractivity contribution in [3.8, 4) is 17.2 Å². The summed E-state index contributed by atoms with van der Waals surface area (Å²) in [5.41, 5.74) is 5.75. The number of hydrogen-bond donors (Lipinski definition) is 5. The highest BCUT2D eigenvalue weighted by Gasteiger charge is 2.45. The zero-order valence-electron chi connectivity index (χ0n) is 33.7. The van der Waals surface area contributed by atoms with Crippen LogP contribution in [0.15, 0.2) is 91.0 Å². The number of rotatable bonds is 17. The fraction of sp³-hybridized carbons (Fsp3) is 0.326. The van der Waals surface area contributed by atoms with Crippen LogP contribution < -0.4 is 20.7 Å². The van der Waals surface area contributed by atoms with E-state index in [0.717, 1.165) is 58.9 Å². The molecule has 14 nitrogen and oxygen atoms in total. The number of carbonyl (C=O) groups is 5. The van der Waals surface area contributed by atoms with Crippen molar-refractivity contribution in [1.29, 1.82) is 0 Å². The molecule has 5 N–H and O–H groups in total. The van der Waals surface area contributed by atoms with Crippen LogP contribution >= 0.6 is 11.6 Å². The fourth-order valence-electron chi connectivity index (χ4n) is 7.99. The molecule has 3 heterocycles. The second-order valence-electron chi connectivity index (χ2n) is 15.1. The van der Waals surface area contributed by atoms with E-state index in [0.29, 0.717) is 62.9 Å². The lowest BCUT2D eigenvalue weighted by atomic mass is 9.88. The molecule has 2 saturated heterocycles. The number of alkyl halides is 1. The number of amides is 5. The van der Waals surface area contributed by atoms with E-state index in [9.17, 15) is 34.2 Å². The Morgan fingerprint density at radius 2 is 1.38 bits per heavy atom. The molecule has 0 aliphatic carbocycles. The Labute approximate surface area is 359 Å². The molecule has 3 aliphatic heterocycles. The van der Waals surface area contributed by atoms with Crippen molar-refractivity contribution in [1.82, 2.24) is 25.3 Å². The number of benzene rings is 4. The molecule has 4 aromatic rings. The average molecular weight is 849 g/mol. The monoisotopic (exact) mass is 848 g/mol. The topological polar surface area (TPSA) is 181 Å². The number of phenolic OH excluding ortho intramolecular Hbond substituents is 2. The molecule has 0 aromatic heterocycles. The summed E-state index contributed by atoms with van der Waals surface area (Å²) in [7, 11) is 0. The van der Waals surface area contributed by atoms with Crippen LogP contribution in [0.25, 0.3) is 11.1 Å². The van der Waals surface area contributed by atoms with Gasteiger partial charge in [0.05, 0.1) is 17.7 Å². The van der Waals surface area contributed by atoms with E-state index in [1.807, 2.05) is 48.5 Å². The number of nitrogens with one attached hydrogen (secondary N) is 3. The molecule has 3 aliphatic rings. The van der Waals surface area contributed by atoms with E-state index in [1.54, 1.807) is 42.5 Å². The van der Waals surface area contributed by atoms with Gasteiger partial charge in [-0.05, 0) is 89.2 Å². The maximum atomic E-state index is 13.4. The van der Waals surface area contributed by atoms with Gasteiger partial charge in [-0.3, -0.25) is 39.1 Å². The number of imide groups is 2. The summed E-state index contributed by atoms with van der Waals surface area (Å²) < 4.78 is 5.96. The summed E-state index contributed by atoms with van der Waals surface area (Å²) in [5.74, 6) is -0.766. The first-order chi connectivity index (χ1) is 29.6. The molecular weight excluding hydrogens is 800 g/mol. The van der Waals surface area contributed by atoms with Gasteiger partial charge < -0.3 is 30.5 Å². The van der Waals surface area contributed by atoms with E-state index in [1.165, 1.54) is 0 Å². The Hall–Kier alpha value is -6.22. The molecule has 1 atom stereocenters. The minimum Gasteiger partial charge on any atom is -0.508 e. The molecule has 1 unspecified atom stereocenters. The predicted octanol–water partition coefficient (Wildman–Crippen LogP) is 4.70. The maximum absolute atomic E-state index is 13.4. The average Bonchev–Trinajstić information content (AvgIpc) is 3.52. The second-order valence-corrected chi connectivity index (χ2v) is 15.5. The fourth-order valence-corrected chi connectivity index (χ4v) is 8.18. The van der Waals surface area contributed by atoms with Crippen LogP contribution in [0.3, 0.4) is 0 Å². The van der Waals surface area contributed by atoms with E-state index in [2.05, 4.69) is 25.8 Å². The molecule has 0 radical (unpaired) electrons. The molecule has 61 heavy (non-hydrogen) atoms. The maximum Gasteiger partial charge on any atom is 0.264 e. The second kappa shape index (κ2) is 19.9. The van der Waals surface area contributed by atoms with Gasteiger partial charge in [0.2, 0.25) is 17.7 Å². The van der Waals surface area contributed by atoms with Gasteiger partial charge in [-0.25, -0.2) is 0 Å². The summed E-state index contributed by atoms with van der Waals surface area (Å²) in [6.07, 6.45) is 1.13. The first kappa shape index (κ1) is 42.9. The molecule has 7 rings (SSSR count). The molecule has 0 bridgehead atoms. The van der Waals surface area contributed by atoms with Crippen molar-refractivity contribution in [2.24, 2.45) is 0 Å². The van der Waals surface area contributed by atoms with Gasteiger partial charge in [0.1, 0.15) is 29.9 Å². The van der Waals surface area contributed by atoms with Crippen molar-refractivity contribution < 1.29 is 38.9 Å². The first-order valence-corrected chi connectivity index (χ1v) is 21.0. The van der Waals surface area contributed by atoms with E-state index in [-0.39, 0.29) is 41.4 Å². The van der Waals surface area contributed by atoms with Gasteiger partial charge in [0.25, 0.3) is 11.8 Å². The minimum atomic E-state index is -1.01. The third-order valence-corrected chi connectivity index (χ3v) is 11.4. The van der Waals surface area contributed by atoms with Crippen LogP contribution in [0.1, 0.15) is 63.1 Å². The molecule has 2 fully saturated rings. The van der Waals surface area contributed by atoms with Gasteiger partial charge in [-0.2, -0.15) is 0 Å². The lowest BCUT2D eigenvalue weighted by molar-refractivity contribution is -0.136. The number of phenols is 2. The molecule has 4 aromatic carbocycles. The van der Waals surface area contributed by atoms with Crippen LogP contribution in [0.4, 0.5) is 5.69 Å². The Kier molecular flexibility index (Phi) is 14.0. The smallest absolute Gasteiger partial charge is 0.264 e. The van der Waals surface area contributed by atoms with Crippen LogP contribution in [-0.2, 0) is 14.4 Å². The molecule has 15 heteroatoms. The summed E-state index contributed by atoms with van der Waals surface area (Å²) in [6, 6.07) is 25.8. The number of ether oxygens (including phenoxy) is 1. The van der Waals surface area contributed by atoms with Gasteiger partial charge >= 0.3 is 0 Å². The number of nitrogens with zero attached hydrogens (tertiary/aromatic N) is 3. The predicted molar refractivity (Wildman–Crippen MR) is 232 cm³/mol. The highest BCUT2D eigenvalue weighted by molar-refractivity contribution is 6.25. The molecule has 5 amide bonds. The quantitative estimate of drug-likeness (QED) is 0.0430. The number of anilines is 1. The van der Waals surface area contributed by atoms with E-state index >= 15 is 0 Å². The third-order valence-electron chi connectivity index (χ3n) is 11.2. The Morgan fingerprint density at radius 3 is 2.02 bits per heavy atom. The standard InChI is InChI=1S/C46H49ClN6O8/c47-20-18-36(30-4-10-33(54)11-5-30)42(31-6-12-34(55)13-7-31)32-8-14-35(15-9-32)61-29-22-49-40(56)19-23-51-25-27-52(28-26-51)24-21-48-38-3-1-2-37-43(38)46(60)53(45(37)59)39-16-17-41(57)50-44(39)58/h1-15,39,48,54-55H,16-29H2,(H,49,56)(H,50,57,58). The number of piperazine rings is 1. The molecule has 0 spiro atoms. The van der Waals surface area contributed by atoms with Crippen molar-refractivity contribution in [2.45, 2.75) is 31.7 Å². The Morgan fingerprint density at radius 1 is 0.754 bits per heavy atom. The highest BCUT2D eigenvalue weighted by Crippen LogP contribution is 2.37. The number of piperidine rings is 1. The normalized spacial score (nSPS) is 17.5. The summed E-state index contributed by atoms with van der Waals surface area (Å²) in [4.78, 5) is 68.8. The highest BCUT2D eigenvalue weighted by atomic mass is 35.5. The van der Waals surface area contributed by atoms with E-state index < -0.39 is 29.7 Å². The lowest BCUT2D eigenvalue weighted by Gasteiger charge is -2.34. The third kappa shape index (κ3) is 10.4. The molecular formula is C46H49ClN6O8. The number of carbonyl (C=O) groups excluding carboxylic acids is 5. The minimum absolute atomic E-state index is 0.0464. The van der Waals surface area contributed by atoms with Crippen molar-refractivity contribution in [3.63, 3.8) is 0 Å². The van der Waals surface area contributed by atoms with Crippen LogP contribution in [0, 0.1) is 0 Å². The Balaban J connectivity index is 0.825. The van der Waals surface area contributed by atoms with Crippen molar-refractivity contribution >= 4 is 58.0 Å². The number of hydrogen-bond acceptors (Lipinski definition) is 11.